The lowest BCUT2D eigenvalue weighted by molar-refractivity contribution is 0.255. The fourth-order valence-corrected chi connectivity index (χ4v) is 3.72. The molecule has 2 N–H and O–H groups in total. The van der Waals surface area contributed by atoms with Gasteiger partial charge in [-0.3, -0.25) is 4.99 Å². The van der Waals surface area contributed by atoms with Crippen LogP contribution in [-0.4, -0.2) is 30.2 Å². The third-order valence-electron chi connectivity index (χ3n) is 4.68. The van der Waals surface area contributed by atoms with Crippen molar-refractivity contribution in [3.8, 4) is 0 Å². The molecule has 2 atom stereocenters. The largest absolute Gasteiger partial charge is 0.361 e. The van der Waals surface area contributed by atoms with E-state index in [-0.39, 0.29) is 0 Å². The van der Waals surface area contributed by atoms with E-state index in [2.05, 4.69) is 36.6 Å². The van der Waals surface area contributed by atoms with Gasteiger partial charge in [0.05, 0.1) is 5.69 Å². The van der Waals surface area contributed by atoms with E-state index in [1.54, 1.807) is 0 Å². The molecule has 1 aromatic heterocycles. The Labute approximate surface area is 140 Å². The van der Waals surface area contributed by atoms with Gasteiger partial charge >= 0.3 is 0 Å². The Morgan fingerprint density at radius 1 is 1.22 bits per heavy atom. The molecule has 0 amide bonds. The Kier molecular flexibility index (Phi) is 6.48. The van der Waals surface area contributed by atoms with Gasteiger partial charge < -0.3 is 15.2 Å². The van der Waals surface area contributed by atoms with Crippen LogP contribution in [0.4, 0.5) is 0 Å². The number of aryl methyl sites for hydroxylation is 2. The summed E-state index contributed by atoms with van der Waals surface area (Å²) in [6.45, 7) is 12.4. The van der Waals surface area contributed by atoms with Crippen LogP contribution in [0.1, 0.15) is 57.1 Å². The van der Waals surface area contributed by atoms with Gasteiger partial charge in [0.2, 0.25) is 0 Å². The standard InChI is InChI=1S/C18H32N4O/c1-6-19-18(21-16-10-12(2)9-13(3)11-16)20-8-7-17-14(4)22-23-15(17)5/h12-13,16H,6-11H2,1-5H3,(H2,19,20,21). The molecular weight excluding hydrogens is 288 g/mol. The van der Waals surface area contributed by atoms with Gasteiger partial charge in [-0.2, -0.15) is 0 Å². The zero-order chi connectivity index (χ0) is 16.8. The van der Waals surface area contributed by atoms with E-state index in [1.165, 1.54) is 24.8 Å². The van der Waals surface area contributed by atoms with Crippen molar-refractivity contribution in [2.45, 2.75) is 66.3 Å². The molecule has 0 radical (unpaired) electrons. The highest BCUT2D eigenvalue weighted by atomic mass is 16.5. The highest BCUT2D eigenvalue weighted by molar-refractivity contribution is 5.80. The van der Waals surface area contributed by atoms with Crippen LogP contribution in [-0.2, 0) is 6.42 Å². The van der Waals surface area contributed by atoms with Crippen molar-refractivity contribution < 1.29 is 4.52 Å². The van der Waals surface area contributed by atoms with Crippen LogP contribution in [0.25, 0.3) is 0 Å². The first-order chi connectivity index (χ1) is 11.0. The maximum absolute atomic E-state index is 5.22. The minimum Gasteiger partial charge on any atom is -0.361 e. The van der Waals surface area contributed by atoms with Gasteiger partial charge in [-0.25, -0.2) is 0 Å². The lowest BCUT2D eigenvalue weighted by Crippen LogP contribution is -2.46. The lowest BCUT2D eigenvalue weighted by Gasteiger charge is -2.32. The topological polar surface area (TPSA) is 62.5 Å². The Hall–Kier alpha value is -1.52. The Balaban J connectivity index is 1.92. The number of aliphatic imine (C=N–C) groups is 1. The molecule has 1 aliphatic rings. The summed E-state index contributed by atoms with van der Waals surface area (Å²) < 4.78 is 5.22. The summed E-state index contributed by atoms with van der Waals surface area (Å²) >= 11 is 0. The van der Waals surface area contributed by atoms with Crippen LogP contribution in [0.3, 0.4) is 0 Å². The number of hydrogen-bond donors (Lipinski definition) is 2. The van der Waals surface area contributed by atoms with E-state index in [9.17, 15) is 0 Å². The number of nitrogens with one attached hydrogen (secondary N) is 2. The monoisotopic (exact) mass is 320 g/mol. The minimum atomic E-state index is 0.533. The van der Waals surface area contributed by atoms with Crippen LogP contribution in [0, 0.1) is 25.7 Å². The second-order valence-electron chi connectivity index (χ2n) is 7.07. The normalized spacial score (nSPS) is 25.4. The number of aromatic nitrogens is 1. The van der Waals surface area contributed by atoms with E-state index in [0.29, 0.717) is 6.04 Å². The molecule has 1 aromatic rings. The van der Waals surface area contributed by atoms with Crippen LogP contribution in [0.5, 0.6) is 0 Å². The summed E-state index contributed by atoms with van der Waals surface area (Å²) in [4.78, 5) is 4.74. The minimum absolute atomic E-state index is 0.533. The van der Waals surface area contributed by atoms with Crippen LogP contribution < -0.4 is 10.6 Å². The maximum Gasteiger partial charge on any atom is 0.191 e. The smallest absolute Gasteiger partial charge is 0.191 e. The predicted molar refractivity (Wildman–Crippen MR) is 94.8 cm³/mol. The van der Waals surface area contributed by atoms with Crippen molar-refractivity contribution in [3.63, 3.8) is 0 Å². The third kappa shape index (κ3) is 5.26. The van der Waals surface area contributed by atoms with Gasteiger partial charge in [0.1, 0.15) is 5.76 Å². The maximum atomic E-state index is 5.22. The summed E-state index contributed by atoms with van der Waals surface area (Å²) in [6.07, 6.45) is 4.68. The molecule has 0 bridgehead atoms. The molecule has 1 fully saturated rings. The fourth-order valence-electron chi connectivity index (χ4n) is 3.72. The first-order valence-electron chi connectivity index (χ1n) is 8.96. The summed E-state index contributed by atoms with van der Waals surface area (Å²) in [5.41, 5.74) is 2.16. The summed E-state index contributed by atoms with van der Waals surface area (Å²) in [5, 5.41) is 11.0. The lowest BCUT2D eigenvalue weighted by atomic mass is 9.80. The second kappa shape index (κ2) is 8.37. The van der Waals surface area contributed by atoms with Crippen molar-refractivity contribution in [2.24, 2.45) is 16.8 Å². The zero-order valence-electron chi connectivity index (χ0n) is 15.3. The molecule has 130 valence electrons. The summed E-state index contributed by atoms with van der Waals surface area (Å²) in [6, 6.07) is 0.533. The van der Waals surface area contributed by atoms with Gasteiger partial charge in [0, 0.05) is 24.7 Å². The SMILES string of the molecule is CCNC(=NCCc1c(C)noc1C)NC1CC(C)CC(C)C1. The van der Waals surface area contributed by atoms with E-state index >= 15 is 0 Å². The molecule has 2 rings (SSSR count). The molecule has 0 aliphatic heterocycles. The number of nitrogens with zero attached hydrogens (tertiary/aromatic N) is 2. The molecule has 1 saturated carbocycles. The molecule has 5 heteroatoms. The first-order valence-corrected chi connectivity index (χ1v) is 8.96. The quantitative estimate of drug-likeness (QED) is 0.646. The second-order valence-corrected chi connectivity index (χ2v) is 7.07. The predicted octanol–water partition coefficient (Wildman–Crippen LogP) is 3.21. The fraction of sp³-hybridized carbons (Fsp3) is 0.778. The average Bonchev–Trinajstić information content (AvgIpc) is 2.78. The van der Waals surface area contributed by atoms with E-state index in [0.717, 1.165) is 48.8 Å². The third-order valence-corrected chi connectivity index (χ3v) is 4.68. The van der Waals surface area contributed by atoms with Gasteiger partial charge in [0.25, 0.3) is 0 Å². The van der Waals surface area contributed by atoms with Gasteiger partial charge in [-0.05, 0) is 58.3 Å². The molecule has 1 aliphatic carbocycles. The van der Waals surface area contributed by atoms with Gasteiger partial charge in [-0.15, -0.1) is 0 Å². The van der Waals surface area contributed by atoms with Gasteiger partial charge in [0.15, 0.2) is 5.96 Å². The molecule has 23 heavy (non-hydrogen) atoms. The number of guanidine groups is 1. The van der Waals surface area contributed by atoms with Crippen molar-refractivity contribution in [1.29, 1.82) is 0 Å². The Bertz CT molecular complexity index is 494. The van der Waals surface area contributed by atoms with Crippen LogP contribution in [0.2, 0.25) is 0 Å². The average molecular weight is 320 g/mol. The molecule has 0 spiro atoms. The highest BCUT2D eigenvalue weighted by Gasteiger charge is 2.24. The molecule has 5 nitrogen and oxygen atoms in total. The molecule has 0 aromatic carbocycles. The first kappa shape index (κ1) is 17.8. The van der Waals surface area contributed by atoms with Crippen LogP contribution >= 0.6 is 0 Å². The molecule has 0 saturated heterocycles. The Morgan fingerprint density at radius 2 is 1.91 bits per heavy atom. The number of rotatable bonds is 5. The Morgan fingerprint density at radius 3 is 2.48 bits per heavy atom. The number of hydrogen-bond acceptors (Lipinski definition) is 3. The van der Waals surface area contributed by atoms with Crippen LogP contribution in [0.15, 0.2) is 9.52 Å². The highest BCUT2D eigenvalue weighted by Crippen LogP contribution is 2.28. The van der Waals surface area contributed by atoms with E-state index < -0.39 is 0 Å². The van der Waals surface area contributed by atoms with Crippen molar-refractivity contribution in [1.82, 2.24) is 15.8 Å². The molecular formula is C18H32N4O. The van der Waals surface area contributed by atoms with E-state index in [4.69, 9.17) is 9.52 Å². The molecule has 1 heterocycles. The zero-order valence-corrected chi connectivity index (χ0v) is 15.3. The van der Waals surface area contributed by atoms with Crippen molar-refractivity contribution in [3.05, 3.63) is 17.0 Å². The van der Waals surface area contributed by atoms with E-state index in [1.807, 2.05) is 13.8 Å². The van der Waals surface area contributed by atoms with Gasteiger partial charge in [-0.1, -0.05) is 19.0 Å². The molecule has 2 unspecified atom stereocenters. The van der Waals surface area contributed by atoms with Crippen molar-refractivity contribution in [2.75, 3.05) is 13.1 Å². The van der Waals surface area contributed by atoms with Crippen molar-refractivity contribution >= 4 is 5.96 Å². The summed E-state index contributed by atoms with van der Waals surface area (Å²) in [7, 11) is 0. The summed E-state index contributed by atoms with van der Waals surface area (Å²) in [5.74, 6) is 3.43.